The lowest BCUT2D eigenvalue weighted by Gasteiger charge is -2.06. The van der Waals surface area contributed by atoms with Gasteiger partial charge in [-0.25, -0.2) is 4.79 Å². The molecule has 0 aliphatic rings. The molecule has 2 N–H and O–H groups in total. The summed E-state index contributed by atoms with van der Waals surface area (Å²) >= 11 is 3.24. The molecule has 0 bridgehead atoms. The lowest BCUT2D eigenvalue weighted by Crippen LogP contribution is -2.28. The summed E-state index contributed by atoms with van der Waals surface area (Å²) in [6, 6.07) is 4.51. The minimum absolute atomic E-state index is 0.0546. The maximum atomic E-state index is 11.8. The van der Waals surface area contributed by atoms with Gasteiger partial charge in [-0.2, -0.15) is 0 Å². The van der Waals surface area contributed by atoms with E-state index in [-0.39, 0.29) is 23.0 Å². The van der Waals surface area contributed by atoms with E-state index in [1.54, 1.807) is 13.0 Å². The minimum Gasteiger partial charge on any atom is -0.478 e. The van der Waals surface area contributed by atoms with E-state index in [2.05, 4.69) is 21.2 Å². The lowest BCUT2D eigenvalue weighted by molar-refractivity contribution is -0.118. The largest absolute Gasteiger partial charge is 0.478 e. The van der Waals surface area contributed by atoms with Crippen molar-refractivity contribution in [3.63, 3.8) is 0 Å². The van der Waals surface area contributed by atoms with Crippen molar-refractivity contribution < 1.29 is 18.9 Å². The highest BCUT2D eigenvalue weighted by molar-refractivity contribution is 9.10. The summed E-state index contributed by atoms with van der Waals surface area (Å²) in [7, 11) is -1.32. The van der Waals surface area contributed by atoms with Gasteiger partial charge in [0.2, 0.25) is 5.91 Å². The smallest absolute Gasteiger partial charge is 0.335 e. The van der Waals surface area contributed by atoms with Gasteiger partial charge >= 0.3 is 5.97 Å². The zero-order valence-corrected chi connectivity index (χ0v) is 12.7. The predicted molar refractivity (Wildman–Crippen MR) is 76.5 cm³/mol. The second-order valence-corrected chi connectivity index (χ2v) is 6.10. The number of hydrogen-bond acceptors (Lipinski definition) is 3. The molecule has 0 spiro atoms. The molecule has 0 radical (unpaired) electrons. The zero-order chi connectivity index (χ0) is 14.4. The van der Waals surface area contributed by atoms with Crippen LogP contribution in [0.5, 0.6) is 0 Å². The number of benzene rings is 1. The molecule has 5 nitrogen and oxygen atoms in total. The Bertz CT molecular complexity index is 518. The average Bonchev–Trinajstić information content (AvgIpc) is 2.31. The Morgan fingerprint density at radius 3 is 2.63 bits per heavy atom. The molecule has 0 saturated carbocycles. The van der Waals surface area contributed by atoms with E-state index in [1.165, 1.54) is 12.1 Å². The number of amides is 1. The van der Waals surface area contributed by atoms with Gasteiger partial charge < -0.3 is 10.4 Å². The molecule has 0 aliphatic heterocycles. The number of hydrogen-bond donors (Lipinski definition) is 2. The standard InChI is InChI=1S/C12H14BrNO4S/c1-2-14-11(15)7-19(18)6-9-4-3-8(12(16)17)5-10(9)13/h3-5H,2,6-7H2,1H3,(H,14,15)(H,16,17). The Morgan fingerprint density at radius 1 is 1.42 bits per heavy atom. The highest BCUT2D eigenvalue weighted by Crippen LogP contribution is 2.20. The summed E-state index contributed by atoms with van der Waals surface area (Å²) in [4.78, 5) is 22.0. The van der Waals surface area contributed by atoms with E-state index >= 15 is 0 Å². The Morgan fingerprint density at radius 2 is 2.11 bits per heavy atom. The molecule has 104 valence electrons. The van der Waals surface area contributed by atoms with Crippen LogP contribution in [0.1, 0.15) is 22.8 Å². The number of carbonyl (C=O) groups is 2. The maximum Gasteiger partial charge on any atom is 0.335 e. The first-order chi connectivity index (χ1) is 8.93. The van der Waals surface area contributed by atoms with Crippen LogP contribution >= 0.6 is 15.9 Å². The van der Waals surface area contributed by atoms with Crippen molar-refractivity contribution in [1.82, 2.24) is 5.32 Å². The van der Waals surface area contributed by atoms with Crippen LogP contribution in [-0.4, -0.2) is 33.5 Å². The molecular formula is C12H14BrNO4S. The van der Waals surface area contributed by atoms with Gasteiger partial charge in [0.1, 0.15) is 5.75 Å². The summed E-state index contributed by atoms with van der Waals surface area (Å²) in [5.41, 5.74) is 0.873. The third-order valence-corrected chi connectivity index (χ3v) is 4.24. The fourth-order valence-corrected chi connectivity index (χ4v) is 3.22. The number of carboxylic acids is 1. The molecule has 0 aliphatic carbocycles. The molecule has 1 aromatic carbocycles. The SMILES string of the molecule is CCNC(=O)CS(=O)Cc1ccc(C(=O)O)cc1Br. The number of carboxylic acid groups (broad SMARTS) is 1. The van der Waals surface area contributed by atoms with Crippen molar-refractivity contribution in [2.24, 2.45) is 0 Å². The Labute approximate surface area is 122 Å². The molecule has 1 unspecified atom stereocenters. The number of carbonyl (C=O) groups excluding carboxylic acids is 1. The van der Waals surface area contributed by atoms with Crippen LogP contribution in [0.25, 0.3) is 0 Å². The summed E-state index contributed by atoms with van der Waals surface area (Å²) in [5, 5.41) is 11.4. The van der Waals surface area contributed by atoms with Crippen LogP contribution in [-0.2, 0) is 21.3 Å². The third kappa shape index (κ3) is 5.12. The van der Waals surface area contributed by atoms with E-state index in [1.807, 2.05) is 0 Å². The predicted octanol–water partition coefficient (Wildman–Crippen LogP) is 1.53. The van der Waals surface area contributed by atoms with Crippen LogP contribution in [0.15, 0.2) is 22.7 Å². The van der Waals surface area contributed by atoms with Crippen molar-refractivity contribution >= 4 is 38.6 Å². The summed E-state index contributed by atoms with van der Waals surface area (Å²) < 4.78 is 12.4. The third-order valence-electron chi connectivity index (χ3n) is 2.28. The van der Waals surface area contributed by atoms with Gasteiger partial charge in [0.25, 0.3) is 0 Å². The first-order valence-corrected chi connectivity index (χ1v) is 7.85. The van der Waals surface area contributed by atoms with Crippen molar-refractivity contribution in [2.45, 2.75) is 12.7 Å². The number of rotatable bonds is 6. The fourth-order valence-electron chi connectivity index (χ4n) is 1.42. The van der Waals surface area contributed by atoms with Gasteiger partial charge in [0, 0.05) is 21.8 Å². The monoisotopic (exact) mass is 347 g/mol. The van der Waals surface area contributed by atoms with Gasteiger partial charge in [-0.15, -0.1) is 0 Å². The Balaban J connectivity index is 2.69. The number of nitrogens with one attached hydrogen (secondary N) is 1. The molecule has 1 aromatic rings. The van der Waals surface area contributed by atoms with Crippen LogP contribution < -0.4 is 5.32 Å². The summed E-state index contributed by atoms with van der Waals surface area (Å²) in [6.45, 7) is 2.30. The van der Waals surface area contributed by atoms with Crippen molar-refractivity contribution in [2.75, 3.05) is 12.3 Å². The van der Waals surface area contributed by atoms with E-state index in [0.29, 0.717) is 16.6 Å². The van der Waals surface area contributed by atoms with Crippen LogP contribution in [0.3, 0.4) is 0 Å². The van der Waals surface area contributed by atoms with Gasteiger partial charge in [0.15, 0.2) is 0 Å². The zero-order valence-electron chi connectivity index (χ0n) is 10.3. The van der Waals surface area contributed by atoms with Crippen molar-refractivity contribution in [1.29, 1.82) is 0 Å². The normalized spacial score (nSPS) is 11.9. The van der Waals surface area contributed by atoms with Crippen molar-refractivity contribution in [3.8, 4) is 0 Å². The molecule has 19 heavy (non-hydrogen) atoms. The summed E-state index contributed by atoms with van der Waals surface area (Å²) in [6.07, 6.45) is 0. The van der Waals surface area contributed by atoms with E-state index in [0.717, 1.165) is 0 Å². The molecule has 0 heterocycles. The molecule has 1 atom stereocenters. The molecule has 1 rings (SSSR count). The molecular weight excluding hydrogens is 334 g/mol. The Kier molecular flexibility index (Phi) is 6.17. The molecule has 0 fully saturated rings. The fraction of sp³-hybridized carbons (Fsp3) is 0.333. The van der Waals surface area contributed by atoms with Crippen LogP contribution in [0.2, 0.25) is 0 Å². The van der Waals surface area contributed by atoms with Crippen LogP contribution in [0, 0.1) is 0 Å². The van der Waals surface area contributed by atoms with Crippen molar-refractivity contribution in [3.05, 3.63) is 33.8 Å². The molecule has 0 saturated heterocycles. The maximum absolute atomic E-state index is 11.8. The Hall–Kier alpha value is -1.21. The highest BCUT2D eigenvalue weighted by atomic mass is 79.9. The van der Waals surface area contributed by atoms with Crippen LogP contribution in [0.4, 0.5) is 0 Å². The quantitative estimate of drug-likeness (QED) is 0.817. The molecule has 7 heteroatoms. The highest BCUT2D eigenvalue weighted by Gasteiger charge is 2.11. The van der Waals surface area contributed by atoms with E-state index in [4.69, 9.17) is 5.11 Å². The molecule has 0 aromatic heterocycles. The first-order valence-electron chi connectivity index (χ1n) is 5.57. The minimum atomic E-state index is -1.32. The first kappa shape index (κ1) is 15.8. The average molecular weight is 348 g/mol. The summed E-state index contributed by atoms with van der Waals surface area (Å²) in [5.74, 6) is -1.12. The van der Waals surface area contributed by atoms with Gasteiger partial charge in [-0.1, -0.05) is 22.0 Å². The lowest BCUT2D eigenvalue weighted by atomic mass is 10.1. The van der Waals surface area contributed by atoms with Gasteiger partial charge in [-0.05, 0) is 24.6 Å². The molecule has 1 amide bonds. The number of halogens is 1. The van der Waals surface area contributed by atoms with Gasteiger partial charge in [-0.3, -0.25) is 9.00 Å². The second kappa shape index (κ2) is 7.40. The van der Waals surface area contributed by atoms with E-state index < -0.39 is 16.8 Å². The van der Waals surface area contributed by atoms with Gasteiger partial charge in [0.05, 0.1) is 11.3 Å². The second-order valence-electron chi connectivity index (χ2n) is 3.79. The number of aromatic carboxylic acids is 1. The topological polar surface area (TPSA) is 83.5 Å². The van der Waals surface area contributed by atoms with E-state index in [9.17, 15) is 13.8 Å².